The Morgan fingerprint density at radius 3 is 2.24 bits per heavy atom. The summed E-state index contributed by atoms with van der Waals surface area (Å²) in [6.07, 6.45) is 3.51. The van der Waals surface area contributed by atoms with Crippen molar-refractivity contribution in [1.82, 2.24) is 4.98 Å². The third-order valence-electron chi connectivity index (χ3n) is 2.40. The summed E-state index contributed by atoms with van der Waals surface area (Å²) in [5.41, 5.74) is 9.33. The van der Waals surface area contributed by atoms with E-state index in [2.05, 4.69) is 32.9 Å². The molecule has 4 heteroatoms. The van der Waals surface area contributed by atoms with Crippen LogP contribution in [0.1, 0.15) is 0 Å². The van der Waals surface area contributed by atoms with Crippen LogP contribution in [-0.2, 0) is 0 Å². The highest BCUT2D eigenvalue weighted by Gasteiger charge is 1.95. The number of hydrogen-bond acceptors (Lipinski definition) is 4. The van der Waals surface area contributed by atoms with Gasteiger partial charge in [0.2, 0.25) is 0 Å². The summed E-state index contributed by atoms with van der Waals surface area (Å²) in [6.45, 7) is 0. The van der Waals surface area contributed by atoms with E-state index in [0.29, 0.717) is 0 Å². The molecule has 17 heavy (non-hydrogen) atoms. The molecule has 0 bridgehead atoms. The molecule has 0 unspecified atom stereocenters. The Morgan fingerprint density at radius 2 is 1.65 bits per heavy atom. The molecular formula is C13H16N4. The number of nitrogens with one attached hydrogen (secondary N) is 2. The van der Waals surface area contributed by atoms with Crippen LogP contribution in [0.2, 0.25) is 0 Å². The lowest BCUT2D eigenvalue weighted by Gasteiger charge is -2.14. The van der Waals surface area contributed by atoms with Crippen LogP contribution in [0.4, 0.5) is 17.1 Å². The van der Waals surface area contributed by atoms with Gasteiger partial charge in [0.25, 0.3) is 0 Å². The number of hydrazine groups is 1. The Labute approximate surface area is 101 Å². The van der Waals surface area contributed by atoms with Crippen LogP contribution >= 0.6 is 0 Å². The first-order chi connectivity index (χ1) is 8.25. The number of nitrogens with zero attached hydrogens (tertiary/aromatic N) is 2. The molecule has 0 aliphatic carbocycles. The molecule has 2 rings (SSSR count). The summed E-state index contributed by atoms with van der Waals surface area (Å²) in [5, 5.41) is 0. The Balaban J connectivity index is 1.96. The van der Waals surface area contributed by atoms with Gasteiger partial charge in [-0.1, -0.05) is 0 Å². The first-order valence-electron chi connectivity index (χ1n) is 5.45. The Bertz CT molecular complexity index is 451. The second kappa shape index (κ2) is 5.21. The fourth-order valence-corrected chi connectivity index (χ4v) is 1.42. The summed E-state index contributed by atoms with van der Waals surface area (Å²) >= 11 is 0. The maximum atomic E-state index is 4.03. The fourth-order valence-electron chi connectivity index (χ4n) is 1.42. The van der Waals surface area contributed by atoms with Crippen molar-refractivity contribution in [3.63, 3.8) is 0 Å². The van der Waals surface area contributed by atoms with Crippen molar-refractivity contribution in [3.05, 3.63) is 48.8 Å². The molecule has 0 aliphatic heterocycles. The summed E-state index contributed by atoms with van der Waals surface area (Å²) in [5.74, 6) is 0. The van der Waals surface area contributed by atoms with Crippen LogP contribution in [0.5, 0.6) is 0 Å². The molecule has 1 aromatic carbocycles. The smallest absolute Gasteiger partial charge is 0.0723 e. The molecular weight excluding hydrogens is 212 g/mol. The zero-order valence-corrected chi connectivity index (χ0v) is 10.0. The number of benzene rings is 1. The molecule has 0 fully saturated rings. The number of anilines is 3. The van der Waals surface area contributed by atoms with Crippen LogP contribution < -0.4 is 15.8 Å². The van der Waals surface area contributed by atoms with Crippen molar-refractivity contribution < 1.29 is 0 Å². The topological polar surface area (TPSA) is 40.2 Å². The van der Waals surface area contributed by atoms with Gasteiger partial charge >= 0.3 is 0 Å². The van der Waals surface area contributed by atoms with Crippen LogP contribution in [0, 0.1) is 0 Å². The lowest BCUT2D eigenvalue weighted by molar-refractivity contribution is 1.13. The minimum Gasteiger partial charge on any atom is -0.378 e. The number of pyridine rings is 1. The molecule has 0 atom stereocenters. The summed E-state index contributed by atoms with van der Waals surface area (Å²) < 4.78 is 0. The standard InChI is InChI=1S/C13H16N4/c1-17(2)13-7-5-11(6-8-13)15-16-12-4-3-9-14-10-12/h3-10,15-16H,1-2H3. The second-order valence-electron chi connectivity index (χ2n) is 3.93. The number of aromatic nitrogens is 1. The highest BCUT2D eigenvalue weighted by molar-refractivity contribution is 5.57. The first kappa shape index (κ1) is 11.3. The van der Waals surface area contributed by atoms with Crippen LogP contribution in [0.15, 0.2) is 48.8 Å². The van der Waals surface area contributed by atoms with Gasteiger partial charge in [0, 0.05) is 26.0 Å². The van der Waals surface area contributed by atoms with Crippen molar-refractivity contribution in [2.45, 2.75) is 0 Å². The van der Waals surface area contributed by atoms with E-state index in [9.17, 15) is 0 Å². The van der Waals surface area contributed by atoms with Crippen LogP contribution in [0.3, 0.4) is 0 Å². The molecule has 0 radical (unpaired) electrons. The van der Waals surface area contributed by atoms with Gasteiger partial charge in [-0.05, 0) is 36.4 Å². The number of rotatable bonds is 4. The van der Waals surface area contributed by atoms with Gasteiger partial charge in [-0.15, -0.1) is 0 Å². The molecule has 0 aliphatic rings. The molecule has 2 aromatic rings. The largest absolute Gasteiger partial charge is 0.378 e. The highest BCUT2D eigenvalue weighted by Crippen LogP contribution is 2.15. The molecule has 88 valence electrons. The molecule has 1 aromatic heterocycles. The normalized spacial score (nSPS) is 9.76. The van der Waals surface area contributed by atoms with Crippen molar-refractivity contribution >= 4 is 17.1 Å². The molecule has 0 saturated carbocycles. The van der Waals surface area contributed by atoms with Gasteiger partial charge < -0.3 is 10.3 Å². The summed E-state index contributed by atoms with van der Waals surface area (Å²) in [7, 11) is 4.05. The van der Waals surface area contributed by atoms with Crippen molar-refractivity contribution in [1.29, 1.82) is 0 Å². The van der Waals surface area contributed by atoms with E-state index in [4.69, 9.17) is 0 Å². The van der Waals surface area contributed by atoms with Crippen molar-refractivity contribution in [2.75, 3.05) is 29.8 Å². The van der Waals surface area contributed by atoms with Gasteiger partial charge in [0.15, 0.2) is 0 Å². The van der Waals surface area contributed by atoms with E-state index < -0.39 is 0 Å². The Kier molecular flexibility index (Phi) is 3.45. The van der Waals surface area contributed by atoms with E-state index in [-0.39, 0.29) is 0 Å². The van der Waals surface area contributed by atoms with Crippen molar-refractivity contribution in [3.8, 4) is 0 Å². The molecule has 2 N–H and O–H groups in total. The van der Waals surface area contributed by atoms with E-state index in [1.54, 1.807) is 12.4 Å². The average molecular weight is 228 g/mol. The third-order valence-corrected chi connectivity index (χ3v) is 2.40. The Morgan fingerprint density at radius 1 is 0.941 bits per heavy atom. The SMILES string of the molecule is CN(C)c1ccc(NNc2cccnc2)cc1. The third kappa shape index (κ3) is 3.11. The van der Waals surface area contributed by atoms with Crippen LogP contribution in [0.25, 0.3) is 0 Å². The lowest BCUT2D eigenvalue weighted by Crippen LogP contribution is -2.10. The average Bonchev–Trinajstić information content (AvgIpc) is 2.38. The maximum absolute atomic E-state index is 4.03. The minimum absolute atomic E-state index is 0.934. The summed E-state index contributed by atoms with van der Waals surface area (Å²) in [6, 6.07) is 12.0. The predicted molar refractivity (Wildman–Crippen MR) is 72.3 cm³/mol. The molecule has 0 saturated heterocycles. The minimum atomic E-state index is 0.934. The molecule has 0 amide bonds. The zero-order chi connectivity index (χ0) is 12.1. The number of hydrogen-bond donors (Lipinski definition) is 2. The van der Waals surface area contributed by atoms with Crippen molar-refractivity contribution in [2.24, 2.45) is 0 Å². The highest BCUT2D eigenvalue weighted by atomic mass is 15.4. The summed E-state index contributed by atoms with van der Waals surface area (Å²) in [4.78, 5) is 6.09. The zero-order valence-electron chi connectivity index (χ0n) is 10.0. The second-order valence-corrected chi connectivity index (χ2v) is 3.93. The van der Waals surface area contributed by atoms with Gasteiger partial charge in [-0.25, -0.2) is 0 Å². The molecule has 1 heterocycles. The lowest BCUT2D eigenvalue weighted by atomic mass is 10.3. The first-order valence-corrected chi connectivity index (χ1v) is 5.45. The van der Waals surface area contributed by atoms with E-state index in [0.717, 1.165) is 11.4 Å². The molecule has 4 nitrogen and oxygen atoms in total. The van der Waals surface area contributed by atoms with Gasteiger partial charge in [-0.2, -0.15) is 0 Å². The Hall–Kier alpha value is -2.23. The maximum Gasteiger partial charge on any atom is 0.0723 e. The monoisotopic (exact) mass is 228 g/mol. The van der Waals surface area contributed by atoms with E-state index in [1.165, 1.54) is 5.69 Å². The van der Waals surface area contributed by atoms with Gasteiger partial charge in [0.1, 0.15) is 0 Å². The van der Waals surface area contributed by atoms with E-state index in [1.807, 2.05) is 38.4 Å². The predicted octanol–water partition coefficient (Wildman–Crippen LogP) is 2.59. The van der Waals surface area contributed by atoms with Gasteiger partial charge in [-0.3, -0.25) is 10.4 Å². The van der Waals surface area contributed by atoms with Gasteiger partial charge in [0.05, 0.1) is 17.6 Å². The molecule has 0 spiro atoms. The quantitative estimate of drug-likeness (QED) is 0.789. The van der Waals surface area contributed by atoms with E-state index >= 15 is 0 Å². The van der Waals surface area contributed by atoms with Crippen LogP contribution in [-0.4, -0.2) is 19.1 Å². The fraction of sp³-hybridized carbons (Fsp3) is 0.154.